The fourth-order valence-corrected chi connectivity index (χ4v) is 1.71. The zero-order valence-electron chi connectivity index (χ0n) is 11.2. The third kappa shape index (κ3) is 3.00. The van der Waals surface area contributed by atoms with Crippen LogP contribution in [-0.4, -0.2) is 37.1 Å². The molecule has 0 saturated carbocycles. The molecule has 0 aromatic heterocycles. The molecule has 0 radical (unpaired) electrons. The molecule has 0 saturated heterocycles. The van der Waals surface area contributed by atoms with Crippen molar-refractivity contribution in [2.45, 2.75) is 20.0 Å². The zero-order valence-corrected chi connectivity index (χ0v) is 11.2. The van der Waals surface area contributed by atoms with Gasteiger partial charge in [0.25, 0.3) is 0 Å². The normalized spacial score (nSPS) is 18.6. The molecule has 18 heavy (non-hydrogen) atoms. The average Bonchev–Trinajstić information content (AvgIpc) is 2.28. The van der Waals surface area contributed by atoms with Gasteiger partial charge in [-0.25, -0.2) is 9.98 Å². The Bertz CT molecular complexity index is 490. The molecule has 1 aromatic carbocycles. The molecule has 1 aromatic rings. The molecule has 0 bridgehead atoms. The van der Waals surface area contributed by atoms with E-state index in [-0.39, 0.29) is 6.17 Å². The third-order valence-corrected chi connectivity index (χ3v) is 2.56. The lowest BCUT2D eigenvalue weighted by atomic mass is 10.2. The number of rotatable bonds is 1. The molecule has 0 aliphatic carbocycles. The van der Waals surface area contributed by atoms with Gasteiger partial charge in [0.1, 0.15) is 6.17 Å². The molecule has 5 nitrogen and oxygen atoms in total. The Morgan fingerprint density at radius 2 is 2.06 bits per heavy atom. The summed E-state index contributed by atoms with van der Waals surface area (Å²) in [4.78, 5) is 10.7. The van der Waals surface area contributed by atoms with Crippen molar-refractivity contribution in [3.05, 3.63) is 29.8 Å². The number of anilines is 1. The van der Waals surface area contributed by atoms with E-state index in [1.165, 1.54) is 5.56 Å². The first-order chi connectivity index (χ1) is 8.54. The number of nitrogens with one attached hydrogen (secondary N) is 2. The van der Waals surface area contributed by atoms with Crippen LogP contribution in [-0.2, 0) is 0 Å². The summed E-state index contributed by atoms with van der Waals surface area (Å²) < 4.78 is 0. The molecule has 1 aliphatic heterocycles. The number of aryl methyl sites for hydroxylation is 1. The second-order valence-corrected chi connectivity index (χ2v) is 4.58. The Morgan fingerprint density at radius 3 is 2.72 bits per heavy atom. The maximum atomic E-state index is 4.42. The van der Waals surface area contributed by atoms with Gasteiger partial charge in [0.2, 0.25) is 11.9 Å². The minimum Gasteiger partial charge on any atom is -0.349 e. The standard InChI is InChI=1S/C13H19N5/c1-9-6-5-7-11(8-9)16-12-14-10(2)15-13(17-12)18(3)4/h5-8,10H,1-4H3,(H2,14,15,16,17). The summed E-state index contributed by atoms with van der Waals surface area (Å²) in [6.45, 7) is 4.03. The lowest BCUT2D eigenvalue weighted by molar-refractivity contribution is 0.582. The first-order valence-electron chi connectivity index (χ1n) is 5.98. The van der Waals surface area contributed by atoms with Crippen molar-refractivity contribution in [1.29, 1.82) is 0 Å². The third-order valence-electron chi connectivity index (χ3n) is 2.56. The molecule has 0 fully saturated rings. The zero-order chi connectivity index (χ0) is 13.1. The van der Waals surface area contributed by atoms with Gasteiger partial charge in [0.15, 0.2) is 0 Å². The summed E-state index contributed by atoms with van der Waals surface area (Å²) in [5.74, 6) is 1.54. The van der Waals surface area contributed by atoms with Crippen molar-refractivity contribution in [2.75, 3.05) is 19.4 Å². The number of guanidine groups is 2. The number of benzene rings is 1. The van der Waals surface area contributed by atoms with Crippen LogP contribution in [0.25, 0.3) is 0 Å². The summed E-state index contributed by atoms with van der Waals surface area (Å²) in [6, 6.07) is 8.18. The van der Waals surface area contributed by atoms with Gasteiger partial charge in [-0.1, -0.05) is 12.1 Å². The Hall–Kier alpha value is -2.04. The summed E-state index contributed by atoms with van der Waals surface area (Å²) in [6.07, 6.45) is -0.0732. The van der Waals surface area contributed by atoms with E-state index in [0.717, 1.165) is 17.6 Å². The predicted octanol–water partition coefficient (Wildman–Crippen LogP) is 1.63. The number of hydrogen-bond donors (Lipinski definition) is 2. The minimum absolute atomic E-state index is 0.0732. The fraction of sp³-hybridized carbons (Fsp3) is 0.385. The van der Waals surface area contributed by atoms with Crippen LogP contribution in [0.4, 0.5) is 5.69 Å². The van der Waals surface area contributed by atoms with Crippen molar-refractivity contribution in [1.82, 2.24) is 10.2 Å². The molecule has 2 N–H and O–H groups in total. The van der Waals surface area contributed by atoms with Gasteiger partial charge in [-0.15, -0.1) is 0 Å². The monoisotopic (exact) mass is 245 g/mol. The summed E-state index contributed by atoms with van der Waals surface area (Å²) in [5, 5.41) is 6.43. The van der Waals surface area contributed by atoms with Gasteiger partial charge in [0, 0.05) is 19.8 Å². The number of nitrogens with zero attached hydrogens (tertiary/aromatic N) is 3. The largest absolute Gasteiger partial charge is 0.349 e. The van der Waals surface area contributed by atoms with E-state index in [1.54, 1.807) is 0 Å². The van der Waals surface area contributed by atoms with E-state index in [2.05, 4.69) is 39.7 Å². The predicted molar refractivity (Wildman–Crippen MR) is 76.0 cm³/mol. The van der Waals surface area contributed by atoms with E-state index < -0.39 is 0 Å². The van der Waals surface area contributed by atoms with Gasteiger partial charge in [-0.3, -0.25) is 5.32 Å². The van der Waals surface area contributed by atoms with Crippen LogP contribution in [0, 0.1) is 6.92 Å². The molecule has 1 aliphatic rings. The van der Waals surface area contributed by atoms with Crippen LogP contribution >= 0.6 is 0 Å². The smallest absolute Gasteiger partial charge is 0.204 e. The lowest BCUT2D eigenvalue weighted by Crippen LogP contribution is -2.46. The Balaban J connectivity index is 2.11. The molecule has 0 amide bonds. The highest BCUT2D eigenvalue weighted by atomic mass is 15.4. The number of hydrogen-bond acceptors (Lipinski definition) is 5. The van der Waals surface area contributed by atoms with Crippen LogP contribution in [0.15, 0.2) is 34.3 Å². The highest BCUT2D eigenvalue weighted by Gasteiger charge is 2.14. The van der Waals surface area contributed by atoms with Crippen LogP contribution < -0.4 is 10.6 Å². The molecule has 5 heteroatoms. The quantitative estimate of drug-likeness (QED) is 0.790. The summed E-state index contributed by atoms with van der Waals surface area (Å²) in [5.41, 5.74) is 2.24. The average molecular weight is 245 g/mol. The Morgan fingerprint density at radius 1 is 1.28 bits per heavy atom. The maximum Gasteiger partial charge on any atom is 0.204 e. The fourth-order valence-electron chi connectivity index (χ4n) is 1.71. The van der Waals surface area contributed by atoms with Crippen molar-refractivity contribution >= 4 is 17.6 Å². The van der Waals surface area contributed by atoms with Gasteiger partial charge in [-0.05, 0) is 31.5 Å². The van der Waals surface area contributed by atoms with Crippen LogP contribution in [0.5, 0.6) is 0 Å². The lowest BCUT2D eigenvalue weighted by Gasteiger charge is -2.24. The van der Waals surface area contributed by atoms with E-state index >= 15 is 0 Å². The first kappa shape index (κ1) is 12.4. The second-order valence-electron chi connectivity index (χ2n) is 4.58. The molecular weight excluding hydrogens is 226 g/mol. The first-order valence-corrected chi connectivity index (χ1v) is 5.98. The highest BCUT2D eigenvalue weighted by molar-refractivity contribution is 6.06. The van der Waals surface area contributed by atoms with Crippen molar-refractivity contribution in [2.24, 2.45) is 9.98 Å². The highest BCUT2D eigenvalue weighted by Crippen LogP contribution is 2.10. The van der Waals surface area contributed by atoms with Crippen molar-refractivity contribution in [3.63, 3.8) is 0 Å². The maximum absolute atomic E-state index is 4.42. The van der Waals surface area contributed by atoms with Crippen LogP contribution in [0.1, 0.15) is 12.5 Å². The Kier molecular flexibility index (Phi) is 3.50. The van der Waals surface area contributed by atoms with E-state index in [9.17, 15) is 0 Å². The Labute approximate surface area is 108 Å². The van der Waals surface area contributed by atoms with E-state index in [1.807, 2.05) is 38.1 Å². The molecule has 0 spiro atoms. The molecular formula is C13H19N5. The van der Waals surface area contributed by atoms with Crippen LogP contribution in [0.2, 0.25) is 0 Å². The SMILES string of the molecule is Cc1cccc(NC2=NC(C)N=C(N(C)C)N2)c1. The van der Waals surface area contributed by atoms with E-state index in [0.29, 0.717) is 0 Å². The van der Waals surface area contributed by atoms with Gasteiger partial charge >= 0.3 is 0 Å². The molecule has 96 valence electrons. The second kappa shape index (κ2) is 5.08. The van der Waals surface area contributed by atoms with Crippen molar-refractivity contribution < 1.29 is 0 Å². The molecule has 1 atom stereocenters. The topological polar surface area (TPSA) is 52.0 Å². The molecule has 1 heterocycles. The number of aliphatic imine (C=N–C) groups is 2. The molecule has 2 rings (SSSR count). The summed E-state index contributed by atoms with van der Waals surface area (Å²) in [7, 11) is 3.91. The van der Waals surface area contributed by atoms with Crippen molar-refractivity contribution in [3.8, 4) is 0 Å². The van der Waals surface area contributed by atoms with Gasteiger partial charge in [0.05, 0.1) is 0 Å². The summed E-state index contributed by atoms with van der Waals surface area (Å²) >= 11 is 0. The minimum atomic E-state index is -0.0732. The van der Waals surface area contributed by atoms with Gasteiger partial charge in [-0.2, -0.15) is 0 Å². The van der Waals surface area contributed by atoms with Crippen LogP contribution in [0.3, 0.4) is 0 Å². The molecule has 1 unspecified atom stereocenters. The van der Waals surface area contributed by atoms with E-state index in [4.69, 9.17) is 0 Å². The van der Waals surface area contributed by atoms with Gasteiger partial charge < -0.3 is 10.2 Å².